The van der Waals surface area contributed by atoms with E-state index in [1.54, 1.807) is 48.5 Å². The molecule has 0 unspecified atom stereocenters. The Bertz CT molecular complexity index is 2380. The number of allylic oxidation sites excluding steroid dienone is 2. The number of hydrogen-bond acceptors (Lipinski definition) is 8. The molecule has 0 radical (unpaired) electrons. The van der Waals surface area contributed by atoms with Crippen molar-refractivity contribution in [2.75, 3.05) is 17.4 Å². The van der Waals surface area contributed by atoms with Gasteiger partial charge in [-0.1, -0.05) is 74.5 Å². The standard InChI is InChI=1S/C39H27BrCl3F3N4O6/c1-56-29-13-17(12-27(42)32(29)51)31-23-10-11-24-30(36(54)49(34(24)52)22-8-4-20(40)5-9-22)25(23)15-26-35(53)50(37(55)38(26,31)18-2-6-21(41)7-3-18)48-33-28(43)14-19(16-47-33)39(44,45)46/h2-10,12-14,16,24-26,30-31,51H,11,15H2,1H3,(H,47,48)/t24-,25+,26-,30-,31-,38+/m0/s1. The Balaban J connectivity index is 1.33. The maximum absolute atomic E-state index is 15.4. The molecule has 2 aliphatic carbocycles. The fourth-order valence-electron chi connectivity index (χ4n) is 8.92. The van der Waals surface area contributed by atoms with Crippen LogP contribution in [0.25, 0.3) is 0 Å². The highest BCUT2D eigenvalue weighted by molar-refractivity contribution is 9.10. The van der Waals surface area contributed by atoms with Crippen LogP contribution in [0.4, 0.5) is 24.7 Å². The molecule has 1 saturated carbocycles. The quantitative estimate of drug-likeness (QED) is 0.145. The first kappa shape index (κ1) is 38.3. The van der Waals surface area contributed by atoms with Gasteiger partial charge in [0.05, 0.1) is 51.6 Å². The van der Waals surface area contributed by atoms with Crippen LogP contribution in [0.5, 0.6) is 11.5 Å². The Morgan fingerprint density at radius 1 is 0.929 bits per heavy atom. The summed E-state index contributed by atoms with van der Waals surface area (Å²) in [5.41, 5.74) is 1.28. The van der Waals surface area contributed by atoms with Crippen molar-refractivity contribution in [2.24, 2.45) is 23.7 Å². The molecule has 1 aromatic heterocycles. The second kappa shape index (κ2) is 13.8. The number of nitrogens with zero attached hydrogens (tertiary/aromatic N) is 3. The van der Waals surface area contributed by atoms with Gasteiger partial charge in [0, 0.05) is 21.6 Å². The summed E-state index contributed by atoms with van der Waals surface area (Å²) < 4.78 is 46.7. The minimum Gasteiger partial charge on any atom is -0.503 e. The molecule has 288 valence electrons. The number of benzene rings is 3. The number of phenolic OH excluding ortho intramolecular Hbond substituents is 1. The Kier molecular flexibility index (Phi) is 9.42. The number of aromatic nitrogens is 1. The largest absolute Gasteiger partial charge is 0.503 e. The molecule has 56 heavy (non-hydrogen) atoms. The van der Waals surface area contributed by atoms with Crippen LogP contribution in [0.3, 0.4) is 0 Å². The summed E-state index contributed by atoms with van der Waals surface area (Å²) in [5.74, 6) is -8.06. The van der Waals surface area contributed by atoms with E-state index in [9.17, 15) is 32.7 Å². The number of carbonyl (C=O) groups is 4. The number of imide groups is 2. The summed E-state index contributed by atoms with van der Waals surface area (Å²) in [6.07, 6.45) is -2.37. The van der Waals surface area contributed by atoms with E-state index in [0.717, 1.165) is 9.37 Å². The summed E-state index contributed by atoms with van der Waals surface area (Å²) in [6.45, 7) is 0. The number of hydrogen-bond donors (Lipinski definition) is 2. The van der Waals surface area contributed by atoms with E-state index in [-0.39, 0.29) is 29.4 Å². The third-order valence-electron chi connectivity index (χ3n) is 11.2. The van der Waals surface area contributed by atoms with Gasteiger partial charge in [-0.05, 0) is 84.5 Å². The number of halogens is 7. The van der Waals surface area contributed by atoms with Gasteiger partial charge in [0.1, 0.15) is 0 Å². The molecule has 2 N–H and O–H groups in total. The van der Waals surface area contributed by atoms with Crippen LogP contribution in [0, 0.1) is 23.7 Å². The van der Waals surface area contributed by atoms with Gasteiger partial charge in [-0.25, -0.2) is 4.98 Å². The molecule has 17 heteroatoms. The molecule has 2 aliphatic heterocycles. The van der Waals surface area contributed by atoms with Gasteiger partial charge < -0.3 is 9.84 Å². The molecule has 3 heterocycles. The topological polar surface area (TPSA) is 129 Å². The highest BCUT2D eigenvalue weighted by atomic mass is 79.9. The minimum atomic E-state index is -4.77. The number of carbonyl (C=O) groups excluding carboxylic acids is 4. The van der Waals surface area contributed by atoms with Gasteiger partial charge in [0.2, 0.25) is 11.8 Å². The van der Waals surface area contributed by atoms with Gasteiger partial charge in [-0.2, -0.15) is 18.2 Å². The average Bonchev–Trinajstić information content (AvgIpc) is 3.54. The number of alkyl halides is 3. The number of fused-ring (bicyclic) bond motifs is 4. The van der Waals surface area contributed by atoms with E-state index in [1.165, 1.54) is 19.2 Å². The molecule has 4 amide bonds. The smallest absolute Gasteiger partial charge is 0.417 e. The molecular formula is C39H27BrCl3F3N4O6. The van der Waals surface area contributed by atoms with Crippen LogP contribution in [-0.4, -0.2) is 45.8 Å². The monoisotopic (exact) mass is 888 g/mol. The lowest BCUT2D eigenvalue weighted by Crippen LogP contribution is -2.53. The van der Waals surface area contributed by atoms with Crippen LogP contribution in [0.2, 0.25) is 15.1 Å². The van der Waals surface area contributed by atoms with Crippen LogP contribution in [0.1, 0.15) is 35.4 Å². The molecule has 2 saturated heterocycles. The molecule has 10 nitrogen and oxygen atoms in total. The van der Waals surface area contributed by atoms with Crippen LogP contribution >= 0.6 is 50.7 Å². The van der Waals surface area contributed by atoms with Gasteiger partial charge in [0.15, 0.2) is 17.3 Å². The third-order valence-corrected chi connectivity index (χ3v) is 12.6. The second-order valence-electron chi connectivity index (χ2n) is 14.0. The average molecular weight is 891 g/mol. The molecular weight excluding hydrogens is 864 g/mol. The number of rotatable bonds is 6. The first-order valence-corrected chi connectivity index (χ1v) is 19.0. The van der Waals surface area contributed by atoms with E-state index in [0.29, 0.717) is 44.7 Å². The van der Waals surface area contributed by atoms with Crippen molar-refractivity contribution in [2.45, 2.75) is 30.4 Å². The van der Waals surface area contributed by atoms with E-state index >= 15 is 4.79 Å². The summed E-state index contributed by atoms with van der Waals surface area (Å²) in [7, 11) is 1.32. The Hall–Kier alpha value is -4.63. The maximum atomic E-state index is 15.4. The third kappa shape index (κ3) is 5.78. The summed E-state index contributed by atoms with van der Waals surface area (Å²) >= 11 is 22.6. The van der Waals surface area contributed by atoms with Crippen LogP contribution < -0.4 is 15.1 Å². The predicted octanol–water partition coefficient (Wildman–Crippen LogP) is 8.73. The van der Waals surface area contributed by atoms with Crippen molar-refractivity contribution in [3.8, 4) is 11.5 Å². The summed E-state index contributed by atoms with van der Waals surface area (Å²) in [4.78, 5) is 63.7. The zero-order valence-electron chi connectivity index (χ0n) is 28.8. The number of methoxy groups -OCH3 is 1. The zero-order chi connectivity index (χ0) is 40.0. The molecule has 4 aromatic rings. The minimum absolute atomic E-state index is 0.0345. The van der Waals surface area contributed by atoms with E-state index in [4.69, 9.17) is 39.5 Å². The number of anilines is 2. The Morgan fingerprint density at radius 2 is 1.62 bits per heavy atom. The number of aromatic hydroxyl groups is 1. The van der Waals surface area contributed by atoms with E-state index in [1.807, 2.05) is 6.08 Å². The fraction of sp³-hybridized carbons (Fsp3) is 0.256. The first-order valence-electron chi connectivity index (χ1n) is 17.1. The van der Waals surface area contributed by atoms with Gasteiger partial charge in [0.25, 0.3) is 11.8 Å². The molecule has 3 aromatic carbocycles. The first-order chi connectivity index (χ1) is 26.6. The Morgan fingerprint density at radius 3 is 2.27 bits per heavy atom. The van der Waals surface area contributed by atoms with Crippen molar-refractivity contribution in [3.63, 3.8) is 0 Å². The van der Waals surface area contributed by atoms with Gasteiger partial charge in [-0.3, -0.25) is 29.5 Å². The van der Waals surface area contributed by atoms with Crippen LogP contribution in [0.15, 0.2) is 89.0 Å². The maximum Gasteiger partial charge on any atom is 0.417 e. The van der Waals surface area contributed by atoms with Crippen molar-refractivity contribution in [3.05, 3.63) is 121 Å². The number of hydrazine groups is 1. The molecule has 0 bridgehead atoms. The lowest BCUT2D eigenvalue weighted by molar-refractivity contribution is -0.139. The van der Waals surface area contributed by atoms with Crippen LogP contribution in [-0.2, 0) is 30.8 Å². The molecule has 6 atom stereocenters. The predicted molar refractivity (Wildman–Crippen MR) is 203 cm³/mol. The molecule has 4 aliphatic rings. The highest BCUT2D eigenvalue weighted by Crippen LogP contribution is 2.65. The van der Waals surface area contributed by atoms with Gasteiger partial charge in [-0.15, -0.1) is 0 Å². The van der Waals surface area contributed by atoms with Gasteiger partial charge >= 0.3 is 6.18 Å². The lowest BCUT2D eigenvalue weighted by atomic mass is 9.49. The zero-order valence-corrected chi connectivity index (χ0v) is 32.6. The lowest BCUT2D eigenvalue weighted by Gasteiger charge is -2.50. The second-order valence-corrected chi connectivity index (χ2v) is 16.1. The number of amides is 4. The number of pyridine rings is 1. The Labute approximate surface area is 340 Å². The summed E-state index contributed by atoms with van der Waals surface area (Å²) in [6, 6.07) is 16.6. The van der Waals surface area contributed by atoms with Crippen molar-refractivity contribution < 1.29 is 42.2 Å². The van der Waals surface area contributed by atoms with E-state index < -0.39 is 81.2 Å². The molecule has 8 rings (SSSR count). The number of nitrogens with one attached hydrogen (secondary N) is 1. The number of ether oxygens (including phenoxy) is 1. The normalized spacial score (nSPS) is 25.9. The molecule has 0 spiro atoms. The SMILES string of the molecule is COc1cc([C@H]2C3=CC[C@@H]4C(=O)N(c5ccc(Br)cc5)C(=O)[C@@H]4[C@@H]3C[C@H]3C(=O)N(Nc4ncc(C(F)(F)F)cc4Cl)C(=O)[C@@]23c2ccc(Cl)cc2)cc(Cl)c1O. The molecule has 3 fully saturated rings. The fourth-order valence-corrected chi connectivity index (χ4v) is 9.74. The van der Waals surface area contributed by atoms with Crippen molar-refractivity contribution in [1.29, 1.82) is 0 Å². The van der Waals surface area contributed by atoms with E-state index in [2.05, 4.69) is 26.3 Å². The summed E-state index contributed by atoms with van der Waals surface area (Å²) in [5, 5.41) is 11.2. The highest BCUT2D eigenvalue weighted by Gasteiger charge is 2.70. The number of phenols is 1. The van der Waals surface area contributed by atoms with Crippen molar-refractivity contribution >= 4 is 85.9 Å². The van der Waals surface area contributed by atoms with Crippen molar-refractivity contribution in [1.82, 2.24) is 9.99 Å².